The van der Waals surface area contributed by atoms with Gasteiger partial charge in [0.15, 0.2) is 5.58 Å². The molecule has 0 bridgehead atoms. The van der Waals surface area contributed by atoms with Crippen molar-refractivity contribution in [3.8, 4) is 0 Å². The van der Waals surface area contributed by atoms with Gasteiger partial charge < -0.3 is 9.73 Å². The molecule has 0 saturated heterocycles. The first-order valence-corrected chi connectivity index (χ1v) is 9.16. The van der Waals surface area contributed by atoms with Crippen LogP contribution in [0.1, 0.15) is 12.5 Å². The van der Waals surface area contributed by atoms with Crippen LogP contribution in [0.25, 0.3) is 11.1 Å². The summed E-state index contributed by atoms with van der Waals surface area (Å²) in [5.41, 5.74) is 2.10. The van der Waals surface area contributed by atoms with Crippen LogP contribution in [0.2, 0.25) is 0 Å². The molecule has 1 heterocycles. The molecule has 9 heteroatoms. The van der Waals surface area contributed by atoms with E-state index in [-0.39, 0.29) is 16.4 Å². The van der Waals surface area contributed by atoms with E-state index in [1.807, 2.05) is 0 Å². The van der Waals surface area contributed by atoms with E-state index < -0.39 is 15.8 Å². The Labute approximate surface area is 149 Å². The number of rotatable bonds is 4. The summed E-state index contributed by atoms with van der Waals surface area (Å²) in [5, 5.41) is 2.60. The SMILES string of the molecule is CC(=O)Nc1ccc(NS(=O)(=O)c2cc3oc(=O)n(C)c3cc2C)cc1. The van der Waals surface area contributed by atoms with E-state index in [0.717, 1.165) is 0 Å². The fourth-order valence-corrected chi connectivity index (χ4v) is 3.88. The maximum absolute atomic E-state index is 12.7. The van der Waals surface area contributed by atoms with E-state index in [4.69, 9.17) is 4.42 Å². The zero-order valence-corrected chi connectivity index (χ0v) is 15.2. The number of benzene rings is 2. The molecule has 0 radical (unpaired) electrons. The number of aromatic nitrogens is 1. The molecule has 3 aromatic rings. The molecule has 2 N–H and O–H groups in total. The zero-order chi connectivity index (χ0) is 19.1. The van der Waals surface area contributed by atoms with Gasteiger partial charge in [-0.1, -0.05) is 0 Å². The van der Waals surface area contributed by atoms with Crippen molar-refractivity contribution in [2.75, 3.05) is 10.0 Å². The molecular formula is C17H17N3O5S. The van der Waals surface area contributed by atoms with E-state index in [9.17, 15) is 18.0 Å². The van der Waals surface area contributed by atoms with Gasteiger partial charge in [0.2, 0.25) is 5.91 Å². The number of carbonyl (C=O) groups excluding carboxylic acids is 1. The van der Waals surface area contributed by atoms with E-state index in [1.54, 1.807) is 44.3 Å². The highest BCUT2D eigenvalue weighted by Crippen LogP contribution is 2.25. The molecule has 3 rings (SSSR count). The summed E-state index contributed by atoms with van der Waals surface area (Å²) < 4.78 is 34.3. The van der Waals surface area contributed by atoms with Crippen molar-refractivity contribution in [2.45, 2.75) is 18.7 Å². The highest BCUT2D eigenvalue weighted by atomic mass is 32.2. The third-order valence-corrected chi connectivity index (χ3v) is 5.36. The first kappa shape index (κ1) is 17.7. The fraction of sp³-hybridized carbons (Fsp3) is 0.176. The predicted molar refractivity (Wildman–Crippen MR) is 97.7 cm³/mol. The van der Waals surface area contributed by atoms with Crippen molar-refractivity contribution in [1.29, 1.82) is 0 Å². The van der Waals surface area contributed by atoms with Crippen molar-refractivity contribution >= 4 is 38.4 Å². The molecule has 8 nitrogen and oxygen atoms in total. The van der Waals surface area contributed by atoms with Crippen molar-refractivity contribution in [1.82, 2.24) is 4.57 Å². The Balaban J connectivity index is 1.95. The van der Waals surface area contributed by atoms with Gasteiger partial charge in [-0.2, -0.15) is 0 Å². The number of hydrogen-bond acceptors (Lipinski definition) is 5. The summed E-state index contributed by atoms with van der Waals surface area (Å²) in [5.74, 6) is -0.776. The molecule has 0 aliphatic heterocycles. The molecule has 0 saturated carbocycles. The summed E-state index contributed by atoms with van der Waals surface area (Å²) in [7, 11) is -2.33. The van der Waals surface area contributed by atoms with Crippen LogP contribution in [-0.2, 0) is 21.9 Å². The lowest BCUT2D eigenvalue weighted by molar-refractivity contribution is -0.114. The minimum absolute atomic E-state index is 0.0188. The first-order chi connectivity index (χ1) is 12.2. The normalized spacial score (nSPS) is 11.5. The van der Waals surface area contributed by atoms with Crippen LogP contribution in [0.3, 0.4) is 0 Å². The van der Waals surface area contributed by atoms with Gasteiger partial charge in [-0.15, -0.1) is 0 Å². The average Bonchev–Trinajstić information content (AvgIpc) is 2.82. The lowest BCUT2D eigenvalue weighted by Crippen LogP contribution is -2.14. The van der Waals surface area contributed by atoms with Gasteiger partial charge in [0.25, 0.3) is 10.0 Å². The second-order valence-electron chi connectivity index (χ2n) is 5.88. The van der Waals surface area contributed by atoms with Crippen molar-refractivity contribution in [3.63, 3.8) is 0 Å². The van der Waals surface area contributed by atoms with Crippen LogP contribution >= 0.6 is 0 Å². The van der Waals surface area contributed by atoms with Gasteiger partial charge in [0, 0.05) is 31.4 Å². The number of hydrogen-bond donors (Lipinski definition) is 2. The molecule has 0 aliphatic rings. The number of fused-ring (bicyclic) bond motifs is 1. The third-order valence-electron chi connectivity index (χ3n) is 3.84. The number of amides is 1. The molecular weight excluding hydrogens is 358 g/mol. The smallest absolute Gasteiger partial charge is 0.408 e. The molecule has 0 fully saturated rings. The Kier molecular flexibility index (Phi) is 4.33. The summed E-state index contributed by atoms with van der Waals surface area (Å²) in [4.78, 5) is 22.7. The summed E-state index contributed by atoms with van der Waals surface area (Å²) in [6.45, 7) is 3.03. The lowest BCUT2D eigenvalue weighted by atomic mass is 10.2. The number of aryl methyl sites for hydroxylation is 2. The highest BCUT2D eigenvalue weighted by Gasteiger charge is 2.20. The molecule has 0 atom stereocenters. The Morgan fingerprint density at radius 2 is 1.73 bits per heavy atom. The van der Waals surface area contributed by atoms with Crippen molar-refractivity contribution in [2.24, 2.45) is 7.05 Å². The number of oxazole rings is 1. The fourth-order valence-electron chi connectivity index (χ4n) is 2.58. The molecule has 26 heavy (non-hydrogen) atoms. The number of anilines is 2. The minimum atomic E-state index is -3.88. The number of sulfonamides is 1. The number of nitrogens with one attached hydrogen (secondary N) is 2. The van der Waals surface area contributed by atoms with Crippen molar-refractivity contribution < 1.29 is 17.6 Å². The van der Waals surface area contributed by atoms with Crippen LogP contribution in [0.5, 0.6) is 0 Å². The average molecular weight is 375 g/mol. The quantitative estimate of drug-likeness (QED) is 0.726. The van der Waals surface area contributed by atoms with E-state index in [0.29, 0.717) is 22.5 Å². The highest BCUT2D eigenvalue weighted by molar-refractivity contribution is 7.92. The van der Waals surface area contributed by atoms with Gasteiger partial charge in [0.1, 0.15) is 0 Å². The molecule has 0 aliphatic carbocycles. The summed E-state index contributed by atoms with van der Waals surface area (Å²) in [6.07, 6.45) is 0. The summed E-state index contributed by atoms with van der Waals surface area (Å²) in [6, 6.07) is 9.19. The van der Waals surface area contributed by atoms with Gasteiger partial charge >= 0.3 is 5.76 Å². The van der Waals surface area contributed by atoms with Crippen LogP contribution in [-0.4, -0.2) is 18.9 Å². The lowest BCUT2D eigenvalue weighted by Gasteiger charge is -2.11. The summed E-state index contributed by atoms with van der Waals surface area (Å²) >= 11 is 0. The predicted octanol–water partition coefficient (Wildman–Crippen LogP) is 2.20. The van der Waals surface area contributed by atoms with Gasteiger partial charge in [-0.25, -0.2) is 13.2 Å². The first-order valence-electron chi connectivity index (χ1n) is 7.68. The number of carbonyl (C=O) groups is 1. The van der Waals surface area contributed by atoms with Crippen LogP contribution in [0.4, 0.5) is 11.4 Å². The maximum atomic E-state index is 12.7. The minimum Gasteiger partial charge on any atom is -0.408 e. The second-order valence-corrected chi connectivity index (χ2v) is 7.53. The Morgan fingerprint density at radius 1 is 1.12 bits per heavy atom. The van der Waals surface area contributed by atoms with Crippen LogP contribution in [0.15, 0.2) is 50.5 Å². The van der Waals surface area contributed by atoms with Crippen LogP contribution in [0, 0.1) is 6.92 Å². The van der Waals surface area contributed by atoms with Crippen molar-refractivity contribution in [3.05, 3.63) is 52.5 Å². The van der Waals surface area contributed by atoms with E-state index in [2.05, 4.69) is 10.0 Å². The molecule has 0 spiro atoms. The molecule has 0 unspecified atom stereocenters. The monoisotopic (exact) mass is 375 g/mol. The molecule has 1 amide bonds. The number of nitrogens with zero attached hydrogens (tertiary/aromatic N) is 1. The Morgan fingerprint density at radius 3 is 2.35 bits per heavy atom. The third kappa shape index (κ3) is 3.33. The molecule has 1 aromatic heterocycles. The Bertz CT molecular complexity index is 1160. The van der Waals surface area contributed by atoms with E-state index >= 15 is 0 Å². The topological polar surface area (TPSA) is 110 Å². The molecule has 136 valence electrons. The van der Waals surface area contributed by atoms with Gasteiger partial charge in [0.05, 0.1) is 10.4 Å². The maximum Gasteiger partial charge on any atom is 0.419 e. The second kappa shape index (κ2) is 6.34. The van der Waals surface area contributed by atoms with Gasteiger partial charge in [-0.3, -0.25) is 14.1 Å². The Hall–Kier alpha value is -3.07. The zero-order valence-electron chi connectivity index (χ0n) is 14.4. The largest absolute Gasteiger partial charge is 0.419 e. The van der Waals surface area contributed by atoms with Crippen LogP contribution < -0.4 is 15.8 Å². The standard InChI is InChI=1S/C17H17N3O5S/c1-10-8-14-15(25-17(22)20(14)3)9-16(10)26(23,24)19-13-6-4-12(5-7-13)18-11(2)21/h4-9,19H,1-3H3,(H,18,21). The van der Waals surface area contributed by atoms with E-state index in [1.165, 1.54) is 17.6 Å². The molecule has 2 aromatic carbocycles. The van der Waals surface area contributed by atoms with Gasteiger partial charge in [-0.05, 0) is 42.8 Å².